The van der Waals surface area contributed by atoms with E-state index in [4.69, 9.17) is 4.74 Å². The number of likely N-dealkylation sites (tertiary alicyclic amines) is 1. The number of aromatic hydroxyl groups is 2. The van der Waals surface area contributed by atoms with E-state index < -0.39 is 0 Å². The second kappa shape index (κ2) is 5.27. The number of phenols is 2. The SMILES string of the molecule is COCC1CCN(C(=O)c2c(O)cccc2O)C1. The van der Waals surface area contributed by atoms with E-state index in [1.165, 1.54) is 18.2 Å². The Morgan fingerprint density at radius 1 is 1.44 bits per heavy atom. The van der Waals surface area contributed by atoms with Crippen LogP contribution in [0.15, 0.2) is 18.2 Å². The molecule has 1 heterocycles. The lowest BCUT2D eigenvalue weighted by Crippen LogP contribution is -2.29. The summed E-state index contributed by atoms with van der Waals surface area (Å²) in [5.74, 6) is -0.374. The van der Waals surface area contributed by atoms with Crippen molar-refractivity contribution in [3.05, 3.63) is 23.8 Å². The lowest BCUT2D eigenvalue weighted by Gasteiger charge is -2.17. The number of ether oxygens (including phenoxy) is 1. The van der Waals surface area contributed by atoms with Crippen LogP contribution in [0.1, 0.15) is 16.8 Å². The van der Waals surface area contributed by atoms with Gasteiger partial charge >= 0.3 is 0 Å². The molecule has 0 saturated carbocycles. The Hall–Kier alpha value is -1.75. The first-order chi connectivity index (χ1) is 8.63. The summed E-state index contributed by atoms with van der Waals surface area (Å²) in [5, 5.41) is 19.3. The van der Waals surface area contributed by atoms with Crippen molar-refractivity contribution in [1.82, 2.24) is 4.90 Å². The summed E-state index contributed by atoms with van der Waals surface area (Å²) in [5.41, 5.74) is -0.0180. The van der Waals surface area contributed by atoms with Crippen molar-refractivity contribution in [2.24, 2.45) is 5.92 Å². The number of rotatable bonds is 3. The molecule has 1 aromatic rings. The van der Waals surface area contributed by atoms with Crippen LogP contribution in [0, 0.1) is 5.92 Å². The van der Waals surface area contributed by atoms with Gasteiger partial charge in [-0.05, 0) is 18.6 Å². The maximum absolute atomic E-state index is 12.2. The van der Waals surface area contributed by atoms with Gasteiger partial charge in [0.1, 0.15) is 17.1 Å². The molecule has 0 bridgehead atoms. The van der Waals surface area contributed by atoms with Gasteiger partial charge in [-0.2, -0.15) is 0 Å². The molecule has 1 fully saturated rings. The van der Waals surface area contributed by atoms with E-state index in [-0.39, 0.29) is 23.0 Å². The van der Waals surface area contributed by atoms with Crippen LogP contribution in [0.25, 0.3) is 0 Å². The maximum atomic E-state index is 12.2. The van der Waals surface area contributed by atoms with Crippen LogP contribution >= 0.6 is 0 Å². The predicted molar refractivity (Wildman–Crippen MR) is 65.7 cm³/mol. The maximum Gasteiger partial charge on any atom is 0.261 e. The number of nitrogens with zero attached hydrogens (tertiary/aromatic N) is 1. The van der Waals surface area contributed by atoms with Crippen LogP contribution in [-0.2, 0) is 4.74 Å². The minimum absolute atomic E-state index is 0.0180. The Labute approximate surface area is 106 Å². The zero-order chi connectivity index (χ0) is 13.1. The van der Waals surface area contributed by atoms with Crippen molar-refractivity contribution >= 4 is 5.91 Å². The first kappa shape index (κ1) is 12.7. The summed E-state index contributed by atoms with van der Waals surface area (Å²) in [4.78, 5) is 13.8. The topological polar surface area (TPSA) is 70.0 Å². The molecule has 0 aliphatic carbocycles. The molecule has 18 heavy (non-hydrogen) atoms. The molecule has 1 amide bonds. The summed E-state index contributed by atoms with van der Waals surface area (Å²) in [7, 11) is 1.64. The summed E-state index contributed by atoms with van der Waals surface area (Å²) in [6.45, 7) is 1.84. The van der Waals surface area contributed by atoms with E-state index >= 15 is 0 Å². The Balaban J connectivity index is 2.13. The normalized spacial score (nSPS) is 19.2. The number of carbonyl (C=O) groups is 1. The molecule has 0 spiro atoms. The Morgan fingerprint density at radius 2 is 2.11 bits per heavy atom. The van der Waals surface area contributed by atoms with E-state index in [0.717, 1.165) is 6.42 Å². The first-order valence-corrected chi connectivity index (χ1v) is 5.92. The van der Waals surface area contributed by atoms with E-state index in [1.807, 2.05) is 0 Å². The van der Waals surface area contributed by atoms with Crippen molar-refractivity contribution in [1.29, 1.82) is 0 Å². The smallest absolute Gasteiger partial charge is 0.261 e. The fraction of sp³-hybridized carbons (Fsp3) is 0.462. The highest BCUT2D eigenvalue weighted by Crippen LogP contribution is 2.29. The summed E-state index contributed by atoms with van der Waals surface area (Å²) in [6.07, 6.45) is 0.883. The van der Waals surface area contributed by atoms with Crippen molar-refractivity contribution in [3.8, 4) is 11.5 Å². The minimum atomic E-state index is -0.329. The van der Waals surface area contributed by atoms with Crippen LogP contribution in [0.3, 0.4) is 0 Å². The summed E-state index contributed by atoms with van der Waals surface area (Å²) >= 11 is 0. The molecule has 2 rings (SSSR count). The number of amides is 1. The lowest BCUT2D eigenvalue weighted by atomic mass is 10.1. The molecule has 5 heteroatoms. The minimum Gasteiger partial charge on any atom is -0.507 e. The molecule has 1 atom stereocenters. The second-order valence-corrected chi connectivity index (χ2v) is 4.53. The summed E-state index contributed by atoms with van der Waals surface area (Å²) < 4.78 is 5.07. The largest absolute Gasteiger partial charge is 0.507 e. The van der Waals surface area contributed by atoms with Crippen LogP contribution in [0.5, 0.6) is 11.5 Å². The fourth-order valence-corrected chi connectivity index (χ4v) is 2.29. The average Bonchev–Trinajstić information content (AvgIpc) is 2.78. The molecule has 2 N–H and O–H groups in total. The van der Waals surface area contributed by atoms with Gasteiger partial charge in [-0.25, -0.2) is 0 Å². The molecule has 1 aliphatic rings. The molecular formula is C13H17NO4. The first-order valence-electron chi connectivity index (χ1n) is 5.92. The number of methoxy groups -OCH3 is 1. The van der Waals surface area contributed by atoms with Gasteiger partial charge in [0.15, 0.2) is 0 Å². The molecule has 1 aliphatic heterocycles. The van der Waals surface area contributed by atoms with Crippen LogP contribution < -0.4 is 0 Å². The average molecular weight is 251 g/mol. The van der Waals surface area contributed by atoms with E-state index in [2.05, 4.69) is 0 Å². The number of hydrogen-bond acceptors (Lipinski definition) is 4. The molecule has 1 aromatic carbocycles. The van der Waals surface area contributed by atoms with E-state index in [0.29, 0.717) is 25.6 Å². The second-order valence-electron chi connectivity index (χ2n) is 4.53. The number of phenolic OH excluding ortho intramolecular Hbond substituents is 2. The lowest BCUT2D eigenvalue weighted by molar-refractivity contribution is 0.0769. The van der Waals surface area contributed by atoms with Gasteiger partial charge in [-0.15, -0.1) is 0 Å². The van der Waals surface area contributed by atoms with Gasteiger partial charge in [0.25, 0.3) is 5.91 Å². The highest BCUT2D eigenvalue weighted by atomic mass is 16.5. The van der Waals surface area contributed by atoms with Gasteiger partial charge in [-0.1, -0.05) is 6.07 Å². The Kier molecular flexibility index (Phi) is 3.72. The fourth-order valence-electron chi connectivity index (χ4n) is 2.29. The summed E-state index contributed by atoms with van der Waals surface area (Å²) in [6, 6.07) is 4.30. The zero-order valence-corrected chi connectivity index (χ0v) is 10.3. The monoisotopic (exact) mass is 251 g/mol. The van der Waals surface area contributed by atoms with Crippen LogP contribution in [-0.4, -0.2) is 47.8 Å². The van der Waals surface area contributed by atoms with Crippen molar-refractivity contribution in [3.63, 3.8) is 0 Å². The van der Waals surface area contributed by atoms with E-state index in [1.54, 1.807) is 12.0 Å². The van der Waals surface area contributed by atoms with Gasteiger partial charge in [0.05, 0.1) is 6.61 Å². The molecule has 1 unspecified atom stereocenters. The quantitative estimate of drug-likeness (QED) is 0.847. The number of hydrogen-bond donors (Lipinski definition) is 2. The Morgan fingerprint density at radius 3 is 2.72 bits per heavy atom. The third-order valence-corrected chi connectivity index (χ3v) is 3.21. The molecule has 0 radical (unpaired) electrons. The highest BCUT2D eigenvalue weighted by Gasteiger charge is 2.29. The Bertz CT molecular complexity index is 426. The van der Waals surface area contributed by atoms with Crippen LogP contribution in [0.2, 0.25) is 0 Å². The third-order valence-electron chi connectivity index (χ3n) is 3.21. The molecular weight excluding hydrogens is 234 g/mol. The zero-order valence-electron chi connectivity index (χ0n) is 10.3. The predicted octanol–water partition coefficient (Wildman–Crippen LogP) is 1.21. The van der Waals surface area contributed by atoms with Gasteiger partial charge in [-0.3, -0.25) is 4.79 Å². The molecule has 0 aromatic heterocycles. The molecule has 1 saturated heterocycles. The van der Waals surface area contributed by atoms with Crippen LogP contribution in [0.4, 0.5) is 0 Å². The van der Waals surface area contributed by atoms with E-state index in [9.17, 15) is 15.0 Å². The van der Waals surface area contributed by atoms with Gasteiger partial charge in [0.2, 0.25) is 0 Å². The standard InChI is InChI=1S/C13H17NO4/c1-18-8-9-5-6-14(7-9)13(17)12-10(15)3-2-4-11(12)16/h2-4,9,15-16H,5-8H2,1H3. The van der Waals surface area contributed by atoms with Crippen molar-refractivity contribution in [2.75, 3.05) is 26.8 Å². The van der Waals surface area contributed by atoms with Gasteiger partial charge < -0.3 is 19.8 Å². The molecule has 98 valence electrons. The number of benzene rings is 1. The molecule has 5 nitrogen and oxygen atoms in total. The highest BCUT2D eigenvalue weighted by molar-refractivity contribution is 5.99. The van der Waals surface area contributed by atoms with Gasteiger partial charge in [0, 0.05) is 26.1 Å². The van der Waals surface area contributed by atoms with Crippen molar-refractivity contribution in [2.45, 2.75) is 6.42 Å². The van der Waals surface area contributed by atoms with Crippen molar-refractivity contribution < 1.29 is 19.7 Å². The third kappa shape index (κ3) is 2.41. The number of carbonyl (C=O) groups excluding carboxylic acids is 1.